The lowest BCUT2D eigenvalue weighted by atomic mass is 9.99. The molecule has 0 unspecified atom stereocenters. The van der Waals surface area contributed by atoms with Crippen LogP contribution >= 0.6 is 0 Å². The molecule has 0 fully saturated rings. The summed E-state index contributed by atoms with van der Waals surface area (Å²) in [6, 6.07) is 5.89. The van der Waals surface area contributed by atoms with Crippen LogP contribution in [0.5, 0.6) is 0 Å². The molecule has 0 heterocycles. The molecule has 0 saturated heterocycles. The van der Waals surface area contributed by atoms with Crippen LogP contribution in [0.2, 0.25) is 0 Å². The Morgan fingerprint density at radius 2 is 1.77 bits per heavy atom. The molecule has 1 aromatic rings. The summed E-state index contributed by atoms with van der Waals surface area (Å²) in [7, 11) is 0. The summed E-state index contributed by atoms with van der Waals surface area (Å²) in [5.41, 5.74) is 2.92. The molecule has 0 atom stereocenters. The van der Waals surface area contributed by atoms with E-state index in [1.807, 2.05) is 39.0 Å². The maximum absolute atomic E-state index is 11.6. The van der Waals surface area contributed by atoms with Gasteiger partial charge in [0.2, 0.25) is 0 Å². The van der Waals surface area contributed by atoms with Crippen LogP contribution < -0.4 is 0 Å². The zero-order valence-corrected chi connectivity index (χ0v) is 8.29. The molecule has 0 aliphatic rings. The fourth-order valence-corrected chi connectivity index (χ4v) is 1.44. The molecule has 0 bridgehead atoms. The van der Waals surface area contributed by atoms with E-state index in [0.717, 1.165) is 16.7 Å². The standard InChI is InChI=1S/C12H14O/c1-4-6-11(13)12-9(2)7-5-8-10(12)3/h4-8H,1-3H3/b6-4+. The van der Waals surface area contributed by atoms with Gasteiger partial charge in [-0.2, -0.15) is 0 Å². The Bertz CT molecular complexity index is 328. The van der Waals surface area contributed by atoms with E-state index < -0.39 is 0 Å². The van der Waals surface area contributed by atoms with Gasteiger partial charge in [-0.25, -0.2) is 0 Å². The molecule has 0 aliphatic heterocycles. The Hall–Kier alpha value is -1.37. The molecule has 1 heteroatoms. The fourth-order valence-electron chi connectivity index (χ4n) is 1.44. The van der Waals surface area contributed by atoms with E-state index in [-0.39, 0.29) is 5.78 Å². The smallest absolute Gasteiger partial charge is 0.186 e. The minimum Gasteiger partial charge on any atom is -0.289 e. The third-order valence-corrected chi connectivity index (χ3v) is 2.05. The molecule has 0 aliphatic carbocycles. The first-order chi connectivity index (χ1) is 6.16. The number of hydrogen-bond donors (Lipinski definition) is 0. The third kappa shape index (κ3) is 2.05. The first kappa shape index (κ1) is 9.72. The van der Waals surface area contributed by atoms with Crippen molar-refractivity contribution in [1.29, 1.82) is 0 Å². The molecular formula is C12H14O. The van der Waals surface area contributed by atoms with Crippen molar-refractivity contribution in [3.63, 3.8) is 0 Å². The topological polar surface area (TPSA) is 17.1 Å². The van der Waals surface area contributed by atoms with Crippen LogP contribution in [0.15, 0.2) is 30.4 Å². The summed E-state index contributed by atoms with van der Waals surface area (Å²) < 4.78 is 0. The second-order valence-electron chi connectivity index (χ2n) is 3.13. The molecule has 0 aromatic heterocycles. The lowest BCUT2D eigenvalue weighted by molar-refractivity contribution is 0.104. The van der Waals surface area contributed by atoms with E-state index >= 15 is 0 Å². The number of aryl methyl sites for hydroxylation is 2. The van der Waals surface area contributed by atoms with Gasteiger partial charge in [-0.15, -0.1) is 0 Å². The first-order valence-electron chi connectivity index (χ1n) is 4.40. The molecule has 0 radical (unpaired) electrons. The Balaban J connectivity index is 3.20. The maximum atomic E-state index is 11.6. The van der Waals surface area contributed by atoms with Crippen LogP contribution in [-0.2, 0) is 0 Å². The highest BCUT2D eigenvalue weighted by Gasteiger charge is 2.07. The van der Waals surface area contributed by atoms with Gasteiger partial charge in [0.25, 0.3) is 0 Å². The predicted molar refractivity (Wildman–Crippen MR) is 55.1 cm³/mol. The number of benzene rings is 1. The third-order valence-electron chi connectivity index (χ3n) is 2.05. The SMILES string of the molecule is C/C=C/C(=O)c1c(C)cccc1C. The summed E-state index contributed by atoms with van der Waals surface area (Å²) in [4.78, 5) is 11.6. The van der Waals surface area contributed by atoms with Crippen molar-refractivity contribution in [2.24, 2.45) is 0 Å². The van der Waals surface area contributed by atoms with Gasteiger partial charge in [0.1, 0.15) is 0 Å². The summed E-state index contributed by atoms with van der Waals surface area (Å²) in [5.74, 6) is 0.0955. The quantitative estimate of drug-likeness (QED) is 0.497. The zero-order chi connectivity index (χ0) is 9.84. The number of ketones is 1. The average Bonchev–Trinajstić information content (AvgIpc) is 2.04. The van der Waals surface area contributed by atoms with Gasteiger partial charge in [-0.05, 0) is 38.0 Å². The number of hydrogen-bond acceptors (Lipinski definition) is 1. The average molecular weight is 174 g/mol. The van der Waals surface area contributed by atoms with E-state index in [1.54, 1.807) is 12.2 Å². The van der Waals surface area contributed by atoms with Crippen LogP contribution in [0, 0.1) is 13.8 Å². The lowest BCUT2D eigenvalue weighted by Crippen LogP contribution is -2.00. The van der Waals surface area contributed by atoms with Gasteiger partial charge in [0.15, 0.2) is 5.78 Å². The van der Waals surface area contributed by atoms with Crippen molar-refractivity contribution in [2.45, 2.75) is 20.8 Å². The number of rotatable bonds is 2. The Labute approximate surface area is 79.1 Å². The molecule has 1 aromatic carbocycles. The van der Waals surface area contributed by atoms with E-state index in [9.17, 15) is 4.79 Å². The molecule has 0 N–H and O–H groups in total. The molecule has 0 amide bonds. The number of carbonyl (C=O) groups is 1. The predicted octanol–water partition coefficient (Wildman–Crippen LogP) is 3.06. The number of carbonyl (C=O) groups excluding carboxylic acids is 1. The van der Waals surface area contributed by atoms with Gasteiger partial charge in [-0.3, -0.25) is 4.79 Å². The minimum absolute atomic E-state index is 0.0955. The zero-order valence-electron chi connectivity index (χ0n) is 8.29. The van der Waals surface area contributed by atoms with Gasteiger partial charge in [0.05, 0.1) is 0 Å². The second-order valence-corrected chi connectivity index (χ2v) is 3.13. The first-order valence-corrected chi connectivity index (χ1v) is 4.40. The second kappa shape index (κ2) is 4.04. The van der Waals surface area contributed by atoms with Crippen molar-refractivity contribution in [2.75, 3.05) is 0 Å². The van der Waals surface area contributed by atoms with Crippen LogP contribution in [-0.4, -0.2) is 5.78 Å². The van der Waals surface area contributed by atoms with E-state index in [4.69, 9.17) is 0 Å². The molecule has 1 rings (SSSR count). The molecule has 0 spiro atoms. The maximum Gasteiger partial charge on any atom is 0.186 e. The van der Waals surface area contributed by atoms with E-state index in [0.29, 0.717) is 0 Å². The van der Waals surface area contributed by atoms with Gasteiger partial charge >= 0.3 is 0 Å². The number of allylic oxidation sites excluding steroid dienone is 2. The van der Waals surface area contributed by atoms with Crippen LogP contribution in [0.1, 0.15) is 28.4 Å². The summed E-state index contributed by atoms with van der Waals surface area (Å²) >= 11 is 0. The lowest BCUT2D eigenvalue weighted by Gasteiger charge is -2.04. The molecular weight excluding hydrogens is 160 g/mol. The highest BCUT2D eigenvalue weighted by molar-refractivity contribution is 6.06. The van der Waals surface area contributed by atoms with E-state index in [2.05, 4.69) is 0 Å². The van der Waals surface area contributed by atoms with Crippen LogP contribution in [0.25, 0.3) is 0 Å². The van der Waals surface area contributed by atoms with Crippen molar-refractivity contribution >= 4 is 5.78 Å². The normalized spacial score (nSPS) is 10.7. The Morgan fingerprint density at radius 3 is 2.23 bits per heavy atom. The highest BCUT2D eigenvalue weighted by atomic mass is 16.1. The van der Waals surface area contributed by atoms with Crippen molar-refractivity contribution in [3.8, 4) is 0 Å². The van der Waals surface area contributed by atoms with Gasteiger partial charge in [-0.1, -0.05) is 24.3 Å². The van der Waals surface area contributed by atoms with E-state index in [1.165, 1.54) is 0 Å². The molecule has 1 nitrogen and oxygen atoms in total. The molecule has 13 heavy (non-hydrogen) atoms. The highest BCUT2D eigenvalue weighted by Crippen LogP contribution is 2.14. The fraction of sp³-hybridized carbons (Fsp3) is 0.250. The molecule has 68 valence electrons. The van der Waals surface area contributed by atoms with Crippen molar-refractivity contribution in [3.05, 3.63) is 47.0 Å². The minimum atomic E-state index is 0.0955. The van der Waals surface area contributed by atoms with Crippen molar-refractivity contribution < 1.29 is 4.79 Å². The Morgan fingerprint density at radius 1 is 1.23 bits per heavy atom. The summed E-state index contributed by atoms with van der Waals surface area (Å²) in [6.45, 7) is 5.78. The van der Waals surface area contributed by atoms with Crippen LogP contribution in [0.4, 0.5) is 0 Å². The summed E-state index contributed by atoms with van der Waals surface area (Å²) in [5, 5.41) is 0. The molecule has 0 saturated carbocycles. The van der Waals surface area contributed by atoms with Gasteiger partial charge in [0, 0.05) is 5.56 Å². The van der Waals surface area contributed by atoms with Gasteiger partial charge < -0.3 is 0 Å². The monoisotopic (exact) mass is 174 g/mol. The van der Waals surface area contributed by atoms with Crippen LogP contribution in [0.3, 0.4) is 0 Å². The van der Waals surface area contributed by atoms with Crippen molar-refractivity contribution in [1.82, 2.24) is 0 Å². The Kier molecular flexibility index (Phi) is 3.02. The largest absolute Gasteiger partial charge is 0.289 e. The summed E-state index contributed by atoms with van der Waals surface area (Å²) in [6.07, 6.45) is 3.38.